The van der Waals surface area contributed by atoms with E-state index in [0.717, 1.165) is 0 Å². The van der Waals surface area contributed by atoms with E-state index in [-0.39, 0.29) is 11.6 Å². The summed E-state index contributed by atoms with van der Waals surface area (Å²) in [6.45, 7) is 0. The van der Waals surface area contributed by atoms with Gasteiger partial charge in [0, 0.05) is 0 Å². The molecule has 0 unspecified atom stereocenters. The molecular formula is C10H11N5O3. The number of anilines is 1. The smallest absolute Gasteiger partial charge is 0.166 e. The fourth-order valence-corrected chi connectivity index (χ4v) is 2.07. The van der Waals surface area contributed by atoms with E-state index in [0.29, 0.717) is 11.2 Å². The van der Waals surface area contributed by atoms with Crippen molar-refractivity contribution in [2.75, 3.05) is 5.73 Å². The van der Waals surface area contributed by atoms with Gasteiger partial charge in [-0.15, -0.1) is 0 Å². The number of aliphatic hydroxyl groups excluding tert-OH is 3. The largest absolute Gasteiger partial charge is 0.510 e. The maximum Gasteiger partial charge on any atom is 0.166 e. The van der Waals surface area contributed by atoms with E-state index in [1.54, 1.807) is 0 Å². The molecule has 2 aromatic rings. The van der Waals surface area contributed by atoms with Gasteiger partial charge in [0.2, 0.25) is 0 Å². The normalized spacial score (nSPS) is 27.7. The fourth-order valence-electron chi connectivity index (χ4n) is 2.07. The van der Waals surface area contributed by atoms with Crippen LogP contribution in [0.2, 0.25) is 0 Å². The summed E-state index contributed by atoms with van der Waals surface area (Å²) in [5.74, 6) is -0.0311. The van der Waals surface area contributed by atoms with Crippen LogP contribution in [0.4, 0.5) is 5.82 Å². The first-order valence-electron chi connectivity index (χ1n) is 5.29. The van der Waals surface area contributed by atoms with Gasteiger partial charge in [0.05, 0.1) is 12.4 Å². The van der Waals surface area contributed by atoms with Crippen LogP contribution < -0.4 is 5.73 Å². The van der Waals surface area contributed by atoms with Crippen LogP contribution in [0.25, 0.3) is 11.2 Å². The molecule has 0 aromatic carbocycles. The summed E-state index contributed by atoms with van der Waals surface area (Å²) < 4.78 is 1.53. The molecule has 2 aromatic heterocycles. The lowest BCUT2D eigenvalue weighted by Gasteiger charge is -2.17. The van der Waals surface area contributed by atoms with E-state index in [2.05, 4.69) is 15.0 Å². The number of rotatable bonds is 1. The predicted molar refractivity (Wildman–Crippen MR) is 61.5 cm³/mol. The lowest BCUT2D eigenvalue weighted by Crippen LogP contribution is -2.29. The molecule has 0 fully saturated rings. The van der Waals surface area contributed by atoms with Gasteiger partial charge in [-0.2, -0.15) is 0 Å². The fraction of sp³-hybridized carbons (Fsp3) is 0.300. The molecule has 5 N–H and O–H groups in total. The van der Waals surface area contributed by atoms with Crippen LogP contribution in [0.3, 0.4) is 0 Å². The third kappa shape index (κ3) is 1.36. The van der Waals surface area contributed by atoms with Crippen LogP contribution in [0.5, 0.6) is 0 Å². The van der Waals surface area contributed by atoms with E-state index in [9.17, 15) is 15.3 Å². The minimum Gasteiger partial charge on any atom is -0.510 e. The second-order valence-electron chi connectivity index (χ2n) is 4.10. The number of nitrogen functional groups attached to an aromatic ring is 1. The highest BCUT2D eigenvalue weighted by molar-refractivity contribution is 5.81. The molecule has 8 nitrogen and oxygen atoms in total. The van der Waals surface area contributed by atoms with Gasteiger partial charge in [-0.25, -0.2) is 15.0 Å². The highest BCUT2D eigenvalue weighted by Gasteiger charge is 2.36. The SMILES string of the molecule is Nc1ncnc2c1ncn2[C@H]1C=C(O)[C@H](O)[C@@H]1O. The Hall–Kier alpha value is -2.19. The monoisotopic (exact) mass is 249 g/mol. The predicted octanol–water partition coefficient (Wildman–Crippen LogP) is -0.873. The Kier molecular flexibility index (Phi) is 2.22. The number of hydrogen-bond donors (Lipinski definition) is 4. The number of imidazole rings is 1. The van der Waals surface area contributed by atoms with Crippen molar-refractivity contribution in [3.8, 4) is 0 Å². The van der Waals surface area contributed by atoms with Crippen molar-refractivity contribution in [1.82, 2.24) is 19.5 Å². The van der Waals surface area contributed by atoms with Crippen LogP contribution >= 0.6 is 0 Å². The van der Waals surface area contributed by atoms with E-state index >= 15 is 0 Å². The lowest BCUT2D eigenvalue weighted by molar-refractivity contribution is 0.0164. The zero-order valence-corrected chi connectivity index (χ0v) is 9.17. The first-order chi connectivity index (χ1) is 8.59. The average Bonchev–Trinajstić information content (AvgIpc) is 2.88. The zero-order chi connectivity index (χ0) is 12.9. The summed E-state index contributed by atoms with van der Waals surface area (Å²) >= 11 is 0. The Morgan fingerprint density at radius 2 is 2.00 bits per heavy atom. The van der Waals surface area contributed by atoms with Gasteiger partial charge in [-0.05, 0) is 6.08 Å². The summed E-state index contributed by atoms with van der Waals surface area (Å²) in [5.41, 5.74) is 6.50. The summed E-state index contributed by atoms with van der Waals surface area (Å²) in [4.78, 5) is 11.9. The molecule has 3 atom stereocenters. The van der Waals surface area contributed by atoms with Crippen molar-refractivity contribution in [3.63, 3.8) is 0 Å². The third-order valence-electron chi connectivity index (χ3n) is 3.03. The Morgan fingerprint density at radius 3 is 2.67 bits per heavy atom. The van der Waals surface area contributed by atoms with Gasteiger partial charge in [0.1, 0.15) is 29.8 Å². The van der Waals surface area contributed by atoms with E-state index in [4.69, 9.17) is 5.73 Å². The van der Waals surface area contributed by atoms with E-state index in [1.165, 1.54) is 23.3 Å². The van der Waals surface area contributed by atoms with Gasteiger partial charge >= 0.3 is 0 Å². The Balaban J connectivity index is 2.14. The van der Waals surface area contributed by atoms with Crippen LogP contribution in [0.15, 0.2) is 24.5 Å². The van der Waals surface area contributed by atoms with Crippen molar-refractivity contribution >= 4 is 17.0 Å². The second-order valence-corrected chi connectivity index (χ2v) is 4.10. The second kappa shape index (κ2) is 3.65. The van der Waals surface area contributed by atoms with E-state index < -0.39 is 18.2 Å². The van der Waals surface area contributed by atoms with Gasteiger partial charge in [0.25, 0.3) is 0 Å². The average molecular weight is 249 g/mol. The summed E-state index contributed by atoms with van der Waals surface area (Å²) in [7, 11) is 0. The van der Waals surface area contributed by atoms with Crippen LogP contribution in [-0.2, 0) is 0 Å². The Labute approximate surface area is 101 Å². The lowest BCUT2D eigenvalue weighted by atomic mass is 10.2. The first-order valence-corrected chi connectivity index (χ1v) is 5.29. The molecule has 18 heavy (non-hydrogen) atoms. The summed E-state index contributed by atoms with van der Waals surface area (Å²) in [5, 5.41) is 28.8. The number of aliphatic hydroxyl groups is 3. The minimum atomic E-state index is -1.30. The minimum absolute atomic E-state index is 0.236. The number of hydrogen-bond acceptors (Lipinski definition) is 7. The molecule has 1 aliphatic carbocycles. The quantitative estimate of drug-likeness (QED) is 0.516. The maximum absolute atomic E-state index is 9.84. The van der Waals surface area contributed by atoms with Crippen molar-refractivity contribution < 1.29 is 15.3 Å². The van der Waals surface area contributed by atoms with Crippen molar-refractivity contribution in [1.29, 1.82) is 0 Å². The molecule has 2 heterocycles. The third-order valence-corrected chi connectivity index (χ3v) is 3.03. The summed E-state index contributed by atoms with van der Waals surface area (Å²) in [6.07, 6.45) is 1.63. The van der Waals surface area contributed by atoms with Crippen molar-refractivity contribution in [3.05, 3.63) is 24.5 Å². The molecule has 0 radical (unpaired) electrons. The highest BCUT2D eigenvalue weighted by Crippen LogP contribution is 2.30. The molecule has 0 saturated carbocycles. The van der Waals surface area contributed by atoms with Crippen LogP contribution in [0, 0.1) is 0 Å². The zero-order valence-electron chi connectivity index (χ0n) is 9.17. The van der Waals surface area contributed by atoms with Gasteiger partial charge in [0.15, 0.2) is 11.5 Å². The first kappa shape index (κ1) is 10.9. The number of aromatic nitrogens is 4. The van der Waals surface area contributed by atoms with Gasteiger partial charge in [-0.1, -0.05) is 0 Å². The standard InChI is InChI=1S/C10H11N5O3/c11-9-6-10(13-2-12-9)15(3-14-6)4-1-5(16)8(18)7(4)17/h1-4,7-8,16-18H,(H2,11,12,13)/t4-,7+,8-/m0/s1. The molecule has 8 heteroatoms. The van der Waals surface area contributed by atoms with E-state index in [1.807, 2.05) is 0 Å². The van der Waals surface area contributed by atoms with Crippen LogP contribution in [-0.4, -0.2) is 47.0 Å². The number of nitrogens with two attached hydrogens (primary N) is 1. The Bertz CT molecular complexity index is 637. The molecule has 0 saturated heterocycles. The van der Waals surface area contributed by atoms with Crippen LogP contribution in [0.1, 0.15) is 6.04 Å². The summed E-state index contributed by atoms with van der Waals surface area (Å²) in [6, 6.07) is -0.640. The molecule has 0 bridgehead atoms. The van der Waals surface area contributed by atoms with Gasteiger partial charge < -0.3 is 25.6 Å². The molecule has 94 valence electrons. The van der Waals surface area contributed by atoms with Crippen molar-refractivity contribution in [2.45, 2.75) is 18.2 Å². The molecule has 0 spiro atoms. The molecule has 0 aliphatic heterocycles. The number of nitrogens with zero attached hydrogens (tertiary/aromatic N) is 4. The molecule has 3 rings (SSSR count). The highest BCUT2D eigenvalue weighted by atomic mass is 16.4. The molecule has 0 amide bonds. The van der Waals surface area contributed by atoms with Crippen molar-refractivity contribution in [2.24, 2.45) is 0 Å². The molecular weight excluding hydrogens is 238 g/mol. The molecule has 1 aliphatic rings. The maximum atomic E-state index is 9.84. The van der Waals surface area contributed by atoms with Gasteiger partial charge in [-0.3, -0.25) is 0 Å². The topological polar surface area (TPSA) is 130 Å². The Morgan fingerprint density at radius 1 is 1.22 bits per heavy atom. The number of fused-ring (bicyclic) bond motifs is 1.